The standard InChI is InChI=1S/C26H29N5O3.2ClH/c1-30(2)8-7-27-22-19-14(12-31-13-15-9-16(31)11-28-15)10-29-23(19)26(34)21-20(22)24(32)17-5-3-4-6-18(17)25(21)33;;/h3-6,10,15-16,27-29,34H,7-9,11-13H2,1-2H3;2*1H/t15-,16-;;/m0../s1. The molecule has 1 aromatic heterocycles. The Labute approximate surface area is 222 Å². The topological polar surface area (TPSA) is 101 Å². The van der Waals surface area contributed by atoms with Gasteiger partial charge < -0.3 is 25.6 Å². The van der Waals surface area contributed by atoms with Crippen LogP contribution >= 0.6 is 24.8 Å². The number of halogens is 2. The fourth-order valence-corrected chi connectivity index (χ4v) is 5.79. The van der Waals surface area contributed by atoms with Gasteiger partial charge in [0.2, 0.25) is 0 Å². The molecule has 3 aromatic rings. The lowest BCUT2D eigenvalue weighted by atomic mass is 9.81. The molecule has 2 fully saturated rings. The second-order valence-corrected chi connectivity index (χ2v) is 9.90. The van der Waals surface area contributed by atoms with Gasteiger partial charge in [-0.25, -0.2) is 0 Å². The molecule has 6 rings (SSSR count). The number of aromatic hydroxyl groups is 1. The summed E-state index contributed by atoms with van der Waals surface area (Å²) in [6, 6.07) is 7.88. The van der Waals surface area contributed by atoms with E-state index in [4.69, 9.17) is 0 Å². The van der Waals surface area contributed by atoms with Crippen LogP contribution in [0.2, 0.25) is 0 Å². The molecule has 2 aliphatic heterocycles. The molecule has 1 aliphatic carbocycles. The number of fused-ring (bicyclic) bond motifs is 5. The van der Waals surface area contributed by atoms with Crippen LogP contribution in [0.4, 0.5) is 5.69 Å². The Morgan fingerprint density at radius 2 is 1.81 bits per heavy atom. The highest BCUT2D eigenvalue weighted by Crippen LogP contribution is 2.45. The minimum atomic E-state index is -0.320. The maximum Gasteiger partial charge on any atom is 0.198 e. The van der Waals surface area contributed by atoms with Crippen LogP contribution in [0.25, 0.3) is 10.9 Å². The molecule has 3 aliphatic rings. The van der Waals surface area contributed by atoms with Gasteiger partial charge >= 0.3 is 0 Å². The van der Waals surface area contributed by atoms with E-state index in [9.17, 15) is 14.7 Å². The van der Waals surface area contributed by atoms with Crippen LogP contribution in [-0.2, 0) is 6.54 Å². The van der Waals surface area contributed by atoms with Crippen LogP contribution < -0.4 is 10.6 Å². The number of rotatable bonds is 6. The first-order valence-corrected chi connectivity index (χ1v) is 11.9. The van der Waals surface area contributed by atoms with Crippen molar-refractivity contribution >= 4 is 53.0 Å². The van der Waals surface area contributed by atoms with Crippen LogP contribution in [0.1, 0.15) is 43.8 Å². The molecule has 192 valence electrons. The summed E-state index contributed by atoms with van der Waals surface area (Å²) in [4.78, 5) is 34.9. The number of hydrogen-bond acceptors (Lipinski definition) is 7. The molecule has 10 heteroatoms. The number of likely N-dealkylation sites (N-methyl/N-ethyl adjacent to an activating group) is 1. The normalized spacial score (nSPS) is 20.3. The van der Waals surface area contributed by atoms with Crippen molar-refractivity contribution in [1.82, 2.24) is 20.1 Å². The van der Waals surface area contributed by atoms with Crippen LogP contribution in [0.5, 0.6) is 5.75 Å². The Morgan fingerprint density at radius 1 is 1.11 bits per heavy atom. The molecule has 2 atom stereocenters. The Hall–Kier alpha value is -2.62. The third kappa shape index (κ3) is 4.07. The third-order valence-electron chi connectivity index (χ3n) is 7.46. The number of carbonyl (C=O) groups excluding carboxylic acids is 2. The Balaban J connectivity index is 0.00000152. The van der Waals surface area contributed by atoms with E-state index in [1.807, 2.05) is 20.3 Å². The molecule has 4 N–H and O–H groups in total. The minimum absolute atomic E-state index is 0. The number of anilines is 1. The molecular formula is C26H31Cl2N5O3. The van der Waals surface area contributed by atoms with Crippen LogP contribution in [-0.4, -0.2) is 83.8 Å². The van der Waals surface area contributed by atoms with E-state index < -0.39 is 0 Å². The van der Waals surface area contributed by atoms with Crippen molar-refractivity contribution in [3.05, 3.63) is 58.3 Å². The summed E-state index contributed by atoms with van der Waals surface area (Å²) in [5, 5.41) is 19.1. The highest BCUT2D eigenvalue weighted by molar-refractivity contribution is 6.33. The Kier molecular flexibility index (Phi) is 7.37. The van der Waals surface area contributed by atoms with Gasteiger partial charge in [0.15, 0.2) is 17.3 Å². The summed E-state index contributed by atoms with van der Waals surface area (Å²) in [7, 11) is 3.99. The lowest BCUT2D eigenvalue weighted by Crippen LogP contribution is -2.42. The van der Waals surface area contributed by atoms with Gasteiger partial charge in [-0.15, -0.1) is 24.8 Å². The predicted octanol–water partition coefficient (Wildman–Crippen LogP) is 3.01. The minimum Gasteiger partial charge on any atom is -0.505 e. The quantitative estimate of drug-likeness (QED) is 0.284. The average molecular weight is 532 g/mol. The zero-order chi connectivity index (χ0) is 23.6. The number of phenols is 1. The Morgan fingerprint density at radius 3 is 2.42 bits per heavy atom. The number of phenolic OH excluding ortho intramolecular Hbond substituents is 1. The Bertz CT molecular complexity index is 1340. The first-order valence-electron chi connectivity index (χ1n) is 11.9. The second-order valence-electron chi connectivity index (χ2n) is 9.90. The number of likely N-dealkylation sites (tertiary alicyclic amines) is 1. The van der Waals surface area contributed by atoms with Gasteiger partial charge in [-0.3, -0.25) is 14.5 Å². The van der Waals surface area contributed by atoms with Crippen molar-refractivity contribution in [2.45, 2.75) is 25.0 Å². The maximum atomic E-state index is 13.7. The first kappa shape index (κ1) is 26.4. The number of benzene rings is 2. The van der Waals surface area contributed by atoms with Crippen molar-refractivity contribution in [2.75, 3.05) is 45.6 Å². The van der Waals surface area contributed by atoms with Gasteiger partial charge in [0.1, 0.15) is 0 Å². The largest absolute Gasteiger partial charge is 0.505 e. The van der Waals surface area contributed by atoms with Crippen molar-refractivity contribution < 1.29 is 14.7 Å². The van der Waals surface area contributed by atoms with Crippen LogP contribution in [0.3, 0.4) is 0 Å². The van der Waals surface area contributed by atoms with E-state index in [0.29, 0.717) is 41.0 Å². The van der Waals surface area contributed by atoms with E-state index >= 15 is 0 Å². The molecular weight excluding hydrogens is 501 g/mol. The number of piperazine rings is 1. The molecule has 0 spiro atoms. The molecule has 0 amide bonds. The van der Waals surface area contributed by atoms with Crippen molar-refractivity contribution in [3.63, 3.8) is 0 Å². The van der Waals surface area contributed by atoms with Crippen molar-refractivity contribution in [1.29, 1.82) is 0 Å². The number of nitrogens with zero attached hydrogens (tertiary/aromatic N) is 2. The number of aromatic amines is 1. The molecule has 0 radical (unpaired) electrons. The highest BCUT2D eigenvalue weighted by atomic mass is 35.5. The molecule has 2 bridgehead atoms. The molecule has 0 unspecified atom stereocenters. The van der Waals surface area contributed by atoms with E-state index in [-0.39, 0.29) is 53.3 Å². The van der Waals surface area contributed by atoms with Gasteiger partial charge in [0, 0.05) is 67.5 Å². The molecule has 2 aromatic carbocycles. The SMILES string of the molecule is CN(C)CCNc1c2c(c(O)c3[nH]cc(CN4C[C@@H]5C[C@H]4CN5)c13)C(=O)c1ccccc1C2=O.Cl.Cl. The van der Waals surface area contributed by atoms with E-state index in [0.717, 1.165) is 43.5 Å². The second kappa shape index (κ2) is 10.0. The number of ketones is 2. The van der Waals surface area contributed by atoms with E-state index in [1.54, 1.807) is 24.3 Å². The van der Waals surface area contributed by atoms with Gasteiger partial charge in [0.05, 0.1) is 22.3 Å². The molecule has 3 heterocycles. The number of aromatic nitrogens is 1. The number of carbonyl (C=O) groups is 2. The monoisotopic (exact) mass is 531 g/mol. The third-order valence-corrected chi connectivity index (χ3v) is 7.46. The predicted molar refractivity (Wildman–Crippen MR) is 145 cm³/mol. The number of hydrogen-bond donors (Lipinski definition) is 4. The number of H-pyrrole nitrogens is 1. The summed E-state index contributed by atoms with van der Waals surface area (Å²) in [6.45, 7) is 4.07. The maximum absolute atomic E-state index is 13.7. The first-order chi connectivity index (χ1) is 16.4. The zero-order valence-corrected chi connectivity index (χ0v) is 21.9. The van der Waals surface area contributed by atoms with Gasteiger partial charge in [0.25, 0.3) is 0 Å². The van der Waals surface area contributed by atoms with Crippen molar-refractivity contribution in [3.8, 4) is 5.75 Å². The molecule has 2 saturated heterocycles. The van der Waals surface area contributed by atoms with Gasteiger partial charge in [-0.2, -0.15) is 0 Å². The van der Waals surface area contributed by atoms with Gasteiger partial charge in [-0.1, -0.05) is 24.3 Å². The zero-order valence-electron chi connectivity index (χ0n) is 20.3. The number of nitrogens with one attached hydrogen (secondary N) is 3. The fraction of sp³-hybridized carbons (Fsp3) is 0.385. The smallest absolute Gasteiger partial charge is 0.198 e. The average Bonchev–Trinajstić information content (AvgIpc) is 3.55. The highest BCUT2D eigenvalue weighted by Gasteiger charge is 2.39. The fourth-order valence-electron chi connectivity index (χ4n) is 5.79. The van der Waals surface area contributed by atoms with E-state index in [2.05, 4.69) is 25.4 Å². The lowest BCUT2D eigenvalue weighted by molar-refractivity contribution is 0.0977. The van der Waals surface area contributed by atoms with Crippen molar-refractivity contribution in [2.24, 2.45) is 0 Å². The molecule has 0 saturated carbocycles. The summed E-state index contributed by atoms with van der Waals surface area (Å²) in [6.07, 6.45) is 3.06. The summed E-state index contributed by atoms with van der Waals surface area (Å²) >= 11 is 0. The summed E-state index contributed by atoms with van der Waals surface area (Å²) < 4.78 is 0. The summed E-state index contributed by atoms with van der Waals surface area (Å²) in [5.74, 6) is -0.697. The van der Waals surface area contributed by atoms with Gasteiger partial charge in [-0.05, 0) is 26.1 Å². The van der Waals surface area contributed by atoms with Crippen LogP contribution in [0, 0.1) is 0 Å². The molecule has 8 nitrogen and oxygen atoms in total. The lowest BCUT2D eigenvalue weighted by Gasteiger charge is -2.28. The van der Waals surface area contributed by atoms with Crippen LogP contribution in [0.15, 0.2) is 30.5 Å². The molecule has 36 heavy (non-hydrogen) atoms. The summed E-state index contributed by atoms with van der Waals surface area (Å²) in [5.41, 5.74) is 3.24. The van der Waals surface area contributed by atoms with E-state index in [1.165, 1.54) is 0 Å².